The average Bonchev–Trinajstić information content (AvgIpc) is 3.06. The Hall–Kier alpha value is -1.05. The van der Waals surface area contributed by atoms with Crippen LogP contribution in [0.4, 0.5) is 0 Å². The fourth-order valence-electron chi connectivity index (χ4n) is 7.68. The van der Waals surface area contributed by atoms with E-state index < -0.39 is 0 Å². The predicted octanol–water partition coefficient (Wildman–Crippen LogP) is 3.58. The number of methoxy groups -OCH3 is 2. The maximum Gasteiger partial charge on any atom is 0.311 e. The van der Waals surface area contributed by atoms with Gasteiger partial charge in [-0.05, 0) is 48.7 Å². The van der Waals surface area contributed by atoms with Gasteiger partial charge in [-0.25, -0.2) is 0 Å². The summed E-state index contributed by atoms with van der Waals surface area (Å²) in [5, 5.41) is 0.521. The molecule has 0 aromatic rings. The molecule has 2 heterocycles. The molecule has 0 aromatic carbocycles. The molecular weight excluding hydrogens is 416 g/mol. The normalized spacial score (nSPS) is 47.6. The minimum absolute atomic E-state index is 0.106. The fraction of sp³-hybridized carbons (Fsp3) is 0.833. The van der Waals surface area contributed by atoms with Gasteiger partial charge in [0.1, 0.15) is 0 Å². The zero-order valence-corrected chi connectivity index (χ0v) is 19.9. The quantitative estimate of drug-likeness (QED) is 0.479. The predicted molar refractivity (Wildman–Crippen MR) is 116 cm³/mol. The smallest absolute Gasteiger partial charge is 0.311 e. The highest BCUT2D eigenvalue weighted by atomic mass is 32.2. The van der Waals surface area contributed by atoms with Crippen molar-refractivity contribution in [3.05, 3.63) is 11.1 Å². The van der Waals surface area contributed by atoms with Gasteiger partial charge >= 0.3 is 11.9 Å². The van der Waals surface area contributed by atoms with Crippen LogP contribution in [0.15, 0.2) is 11.1 Å². The van der Waals surface area contributed by atoms with E-state index >= 15 is 0 Å². The molecule has 0 amide bonds. The summed E-state index contributed by atoms with van der Waals surface area (Å²) < 4.78 is 23.1. The Bertz CT molecular complexity index is 810. The van der Waals surface area contributed by atoms with Crippen molar-refractivity contribution in [1.82, 2.24) is 0 Å². The van der Waals surface area contributed by atoms with E-state index in [2.05, 4.69) is 13.8 Å². The van der Waals surface area contributed by atoms with Crippen LogP contribution in [0.25, 0.3) is 0 Å². The summed E-state index contributed by atoms with van der Waals surface area (Å²) in [5.41, 5.74) is 2.57. The number of hydrogen-bond acceptors (Lipinski definition) is 7. The van der Waals surface area contributed by atoms with Gasteiger partial charge in [0, 0.05) is 28.9 Å². The number of rotatable bonds is 4. The van der Waals surface area contributed by atoms with Gasteiger partial charge in [-0.1, -0.05) is 20.3 Å². The number of thioether (sulfide) groups is 1. The third-order valence-corrected chi connectivity index (χ3v) is 10.8. The van der Waals surface area contributed by atoms with Crippen molar-refractivity contribution in [3.63, 3.8) is 0 Å². The first kappa shape index (κ1) is 21.8. The third-order valence-electron chi connectivity index (χ3n) is 8.94. The lowest BCUT2D eigenvalue weighted by Crippen LogP contribution is -2.60. The maximum atomic E-state index is 13.2. The van der Waals surface area contributed by atoms with E-state index in [4.69, 9.17) is 18.9 Å². The lowest BCUT2D eigenvalue weighted by molar-refractivity contribution is -0.220. The number of carbonyl (C=O) groups excluding carboxylic acids is 2. The molecule has 172 valence electrons. The number of esters is 2. The molecule has 0 bridgehead atoms. The van der Waals surface area contributed by atoms with Gasteiger partial charge in [0.15, 0.2) is 6.29 Å². The highest BCUT2D eigenvalue weighted by Gasteiger charge is 2.69. The zero-order chi connectivity index (χ0) is 22.1. The van der Waals surface area contributed by atoms with Gasteiger partial charge in [0.25, 0.3) is 0 Å². The van der Waals surface area contributed by atoms with Crippen LogP contribution in [0.3, 0.4) is 0 Å². The molecule has 0 radical (unpaired) electrons. The van der Waals surface area contributed by atoms with Crippen LogP contribution in [0, 0.1) is 35.0 Å². The molecule has 5 rings (SSSR count). The second-order valence-corrected chi connectivity index (χ2v) is 11.3. The first-order chi connectivity index (χ1) is 14.9. The number of ether oxygens (including phenoxy) is 4. The molecule has 3 aliphatic carbocycles. The molecule has 0 spiro atoms. The Kier molecular flexibility index (Phi) is 5.46. The van der Waals surface area contributed by atoms with E-state index in [9.17, 15) is 9.59 Å². The molecule has 0 N–H and O–H groups in total. The topological polar surface area (TPSA) is 71.1 Å². The first-order valence-corrected chi connectivity index (χ1v) is 12.6. The second kappa shape index (κ2) is 7.77. The SMILES string of the molecule is CCO[C@H]1C[C@@H]2C3=C4[C@H](S[C@H]5CCC[C@H]([C@@H](C(=O)OC)[C@H]3O1)[C@@]45C)[C@@H](C(=O)OC)[C@H]2C. The van der Waals surface area contributed by atoms with E-state index in [-0.39, 0.29) is 64.6 Å². The van der Waals surface area contributed by atoms with Gasteiger partial charge in [0.2, 0.25) is 0 Å². The summed E-state index contributed by atoms with van der Waals surface area (Å²) in [6.07, 6.45) is 3.22. The van der Waals surface area contributed by atoms with Crippen LogP contribution in [0.5, 0.6) is 0 Å². The molecule has 10 atom stereocenters. The molecule has 6 nitrogen and oxygen atoms in total. The summed E-state index contributed by atoms with van der Waals surface area (Å²) >= 11 is 1.95. The van der Waals surface area contributed by atoms with Gasteiger partial charge in [-0.3, -0.25) is 9.59 Å². The summed E-state index contributed by atoms with van der Waals surface area (Å²) in [4.78, 5) is 26.2. The molecule has 3 fully saturated rings. The van der Waals surface area contributed by atoms with E-state index in [1.165, 1.54) is 25.4 Å². The van der Waals surface area contributed by atoms with E-state index in [1.54, 1.807) is 0 Å². The van der Waals surface area contributed by atoms with E-state index in [0.29, 0.717) is 18.3 Å². The van der Waals surface area contributed by atoms with Crippen molar-refractivity contribution in [3.8, 4) is 0 Å². The molecule has 5 aliphatic rings. The molecule has 0 unspecified atom stereocenters. The van der Waals surface area contributed by atoms with E-state index in [1.807, 2.05) is 18.7 Å². The number of carbonyl (C=O) groups is 2. The summed E-state index contributed by atoms with van der Waals surface area (Å²) in [6.45, 7) is 7.03. The Balaban J connectivity index is 1.72. The Labute approximate surface area is 188 Å². The van der Waals surface area contributed by atoms with Crippen LogP contribution in [0.1, 0.15) is 46.5 Å². The molecule has 7 heteroatoms. The molecule has 2 saturated heterocycles. The lowest BCUT2D eigenvalue weighted by atomic mass is 9.48. The van der Waals surface area contributed by atoms with Crippen molar-refractivity contribution in [2.24, 2.45) is 35.0 Å². The highest BCUT2D eigenvalue weighted by molar-refractivity contribution is 8.01. The largest absolute Gasteiger partial charge is 0.469 e. The monoisotopic (exact) mass is 450 g/mol. The Morgan fingerprint density at radius 2 is 1.87 bits per heavy atom. The minimum Gasteiger partial charge on any atom is -0.469 e. The molecule has 1 saturated carbocycles. The Morgan fingerprint density at radius 1 is 1.16 bits per heavy atom. The van der Waals surface area contributed by atoms with Gasteiger partial charge in [0.05, 0.1) is 32.2 Å². The van der Waals surface area contributed by atoms with Crippen LogP contribution in [-0.2, 0) is 28.5 Å². The molecule has 31 heavy (non-hydrogen) atoms. The zero-order valence-electron chi connectivity index (χ0n) is 19.1. The Morgan fingerprint density at radius 3 is 2.55 bits per heavy atom. The van der Waals surface area contributed by atoms with Crippen LogP contribution >= 0.6 is 11.8 Å². The van der Waals surface area contributed by atoms with Gasteiger partial charge in [-0.15, -0.1) is 11.8 Å². The number of hydrogen-bond donors (Lipinski definition) is 0. The van der Waals surface area contributed by atoms with Crippen molar-refractivity contribution in [2.75, 3.05) is 20.8 Å². The van der Waals surface area contributed by atoms with Gasteiger partial charge in [-0.2, -0.15) is 0 Å². The highest BCUT2D eigenvalue weighted by Crippen LogP contribution is 2.71. The first-order valence-electron chi connectivity index (χ1n) is 11.7. The summed E-state index contributed by atoms with van der Waals surface area (Å²) in [5.74, 6) is -0.348. The van der Waals surface area contributed by atoms with Crippen molar-refractivity contribution in [2.45, 2.75) is 69.3 Å². The van der Waals surface area contributed by atoms with Crippen LogP contribution < -0.4 is 0 Å². The second-order valence-electron chi connectivity index (χ2n) is 9.98. The summed E-state index contributed by atoms with van der Waals surface area (Å²) in [6, 6.07) is 0. The fourth-order valence-corrected chi connectivity index (χ4v) is 9.98. The lowest BCUT2D eigenvalue weighted by Gasteiger charge is -2.58. The average molecular weight is 451 g/mol. The third kappa shape index (κ3) is 2.85. The van der Waals surface area contributed by atoms with Crippen molar-refractivity contribution >= 4 is 23.7 Å². The van der Waals surface area contributed by atoms with Gasteiger partial charge < -0.3 is 18.9 Å². The standard InChI is InChI=1S/C24H34O6S/c1-6-29-15-10-12-11(2)16(22(25)27-4)21-19-17(12)20(30-15)18(23(26)28-5)13-8-7-9-14(31-21)24(13,19)3/h11-16,18,20-21H,6-10H2,1-5H3/t11-,12-,13+,14-,15+,16-,18+,20-,21+,24+/m0/s1. The summed E-state index contributed by atoms with van der Waals surface area (Å²) in [7, 11) is 2.98. The molecular formula is C24H34O6S. The molecule has 2 aliphatic heterocycles. The van der Waals surface area contributed by atoms with Crippen molar-refractivity contribution < 1.29 is 28.5 Å². The molecule has 0 aromatic heterocycles. The van der Waals surface area contributed by atoms with Crippen LogP contribution in [0.2, 0.25) is 0 Å². The van der Waals surface area contributed by atoms with E-state index in [0.717, 1.165) is 19.3 Å². The maximum absolute atomic E-state index is 13.2. The minimum atomic E-state index is -0.369. The van der Waals surface area contributed by atoms with Crippen molar-refractivity contribution in [1.29, 1.82) is 0 Å². The van der Waals surface area contributed by atoms with Crippen LogP contribution in [-0.4, -0.2) is 55.7 Å².